The first kappa shape index (κ1) is 13.5. The van der Waals surface area contributed by atoms with Gasteiger partial charge in [0.15, 0.2) is 6.10 Å². The Kier molecular flexibility index (Phi) is 4.96. The van der Waals surface area contributed by atoms with Crippen LogP contribution in [-0.2, 0) is 23.7 Å². The molecule has 0 aromatic rings. The molecule has 1 atom stereocenters. The van der Waals surface area contributed by atoms with E-state index in [9.17, 15) is 9.59 Å². The molecule has 1 saturated heterocycles. The molecular weight excluding hydrogens is 228 g/mol. The second kappa shape index (κ2) is 6.24. The number of carbonyl (C=O) groups excluding carboxylic acids is 2. The maximum absolute atomic E-state index is 11.4. The molecule has 0 spiro atoms. The average Bonchev–Trinajstić information content (AvgIpc) is 2.68. The van der Waals surface area contributed by atoms with Gasteiger partial charge in [-0.25, -0.2) is 9.59 Å². The maximum atomic E-state index is 11.4. The molecule has 1 aliphatic heterocycles. The number of cyclic esters (lactones) is 2. The highest BCUT2D eigenvalue weighted by molar-refractivity contribution is 5.88. The topological polar surface area (TPSA) is 71.1 Å². The number of hydrogen-bond donors (Lipinski definition) is 0. The molecule has 6 heteroatoms. The molecule has 0 aliphatic carbocycles. The van der Waals surface area contributed by atoms with Crippen LogP contribution in [0.2, 0.25) is 0 Å². The van der Waals surface area contributed by atoms with Gasteiger partial charge in [-0.3, -0.25) is 0 Å². The van der Waals surface area contributed by atoms with Gasteiger partial charge in [0.25, 0.3) is 0 Å². The van der Waals surface area contributed by atoms with E-state index in [1.54, 1.807) is 0 Å². The van der Waals surface area contributed by atoms with Crippen molar-refractivity contribution in [3.05, 3.63) is 12.2 Å². The molecule has 0 radical (unpaired) electrons. The lowest BCUT2D eigenvalue weighted by Gasteiger charge is -2.11. The van der Waals surface area contributed by atoms with Crippen molar-refractivity contribution in [3.8, 4) is 0 Å². The Morgan fingerprint density at radius 1 is 1.59 bits per heavy atom. The molecule has 1 unspecified atom stereocenters. The number of esters is 1. The van der Waals surface area contributed by atoms with Crippen LogP contribution in [0, 0.1) is 0 Å². The van der Waals surface area contributed by atoms with Gasteiger partial charge in [-0.2, -0.15) is 0 Å². The van der Waals surface area contributed by atoms with E-state index in [2.05, 4.69) is 11.3 Å². The van der Waals surface area contributed by atoms with Crippen molar-refractivity contribution in [2.45, 2.75) is 26.1 Å². The summed E-state index contributed by atoms with van der Waals surface area (Å²) in [5, 5.41) is 0. The quantitative estimate of drug-likeness (QED) is 0.513. The Bertz CT molecular complexity index is 309. The van der Waals surface area contributed by atoms with Gasteiger partial charge in [-0.15, -0.1) is 0 Å². The minimum absolute atomic E-state index is 0.0173. The molecule has 0 bridgehead atoms. The van der Waals surface area contributed by atoms with Crippen molar-refractivity contribution in [2.75, 3.05) is 19.8 Å². The van der Waals surface area contributed by atoms with Crippen LogP contribution < -0.4 is 0 Å². The Balaban J connectivity index is 2.20. The molecule has 1 heterocycles. The van der Waals surface area contributed by atoms with Gasteiger partial charge in [0, 0.05) is 0 Å². The molecular formula is C11H16O6. The van der Waals surface area contributed by atoms with Gasteiger partial charge < -0.3 is 18.9 Å². The lowest BCUT2D eigenvalue weighted by atomic mass is 10.3. The SMILES string of the molecule is C=C(COC(C)C)C(=O)OCC1COC(=O)O1. The van der Waals surface area contributed by atoms with Gasteiger partial charge in [-0.05, 0) is 13.8 Å². The predicted octanol–water partition coefficient (Wildman–Crippen LogP) is 1.05. The predicted molar refractivity (Wildman–Crippen MR) is 57.4 cm³/mol. The zero-order valence-electron chi connectivity index (χ0n) is 9.93. The Hall–Kier alpha value is -1.56. The largest absolute Gasteiger partial charge is 0.508 e. The average molecular weight is 244 g/mol. The molecule has 0 aromatic carbocycles. The van der Waals surface area contributed by atoms with Crippen molar-refractivity contribution in [1.82, 2.24) is 0 Å². The van der Waals surface area contributed by atoms with Crippen LogP contribution in [0.5, 0.6) is 0 Å². The van der Waals surface area contributed by atoms with Crippen LogP contribution in [0.15, 0.2) is 12.2 Å². The van der Waals surface area contributed by atoms with E-state index in [-0.39, 0.29) is 31.5 Å². The van der Waals surface area contributed by atoms with Crippen LogP contribution in [0.3, 0.4) is 0 Å². The van der Waals surface area contributed by atoms with E-state index in [1.165, 1.54) is 0 Å². The molecule has 0 amide bonds. The smallest absolute Gasteiger partial charge is 0.458 e. The van der Waals surface area contributed by atoms with E-state index >= 15 is 0 Å². The summed E-state index contributed by atoms with van der Waals surface area (Å²) in [6.07, 6.45) is -1.26. The zero-order chi connectivity index (χ0) is 12.8. The molecule has 1 aliphatic rings. The monoisotopic (exact) mass is 244 g/mol. The van der Waals surface area contributed by atoms with E-state index in [4.69, 9.17) is 14.2 Å². The molecule has 17 heavy (non-hydrogen) atoms. The standard InChI is InChI=1S/C11H16O6/c1-7(2)14-4-8(3)10(12)15-5-9-6-16-11(13)17-9/h7,9H,3-6H2,1-2H3. The molecule has 0 aromatic heterocycles. The molecule has 96 valence electrons. The van der Waals surface area contributed by atoms with E-state index in [0.29, 0.717) is 0 Å². The summed E-state index contributed by atoms with van der Waals surface area (Å²) < 4.78 is 19.3. The van der Waals surface area contributed by atoms with E-state index in [1.807, 2.05) is 13.8 Å². The lowest BCUT2D eigenvalue weighted by molar-refractivity contribution is -0.142. The number of carbonyl (C=O) groups is 2. The fraction of sp³-hybridized carbons (Fsp3) is 0.636. The third kappa shape index (κ3) is 4.86. The van der Waals surface area contributed by atoms with Gasteiger partial charge in [0.05, 0.1) is 18.3 Å². The van der Waals surface area contributed by atoms with E-state index < -0.39 is 18.2 Å². The van der Waals surface area contributed by atoms with Crippen LogP contribution in [0.1, 0.15) is 13.8 Å². The van der Waals surface area contributed by atoms with Gasteiger partial charge >= 0.3 is 12.1 Å². The first-order chi connectivity index (χ1) is 7.99. The summed E-state index contributed by atoms with van der Waals surface area (Å²) in [5.74, 6) is -0.561. The fourth-order valence-corrected chi connectivity index (χ4v) is 1.04. The first-order valence-corrected chi connectivity index (χ1v) is 5.29. The highest BCUT2D eigenvalue weighted by Crippen LogP contribution is 2.07. The summed E-state index contributed by atoms with van der Waals surface area (Å²) in [6, 6.07) is 0. The van der Waals surface area contributed by atoms with Crippen LogP contribution >= 0.6 is 0 Å². The summed E-state index contributed by atoms with van der Waals surface area (Å²) in [4.78, 5) is 22.0. The number of hydrogen-bond acceptors (Lipinski definition) is 6. The third-order valence-corrected chi connectivity index (χ3v) is 1.93. The summed E-state index contributed by atoms with van der Waals surface area (Å²) in [5.41, 5.74) is 0.226. The van der Waals surface area contributed by atoms with Crippen LogP contribution in [-0.4, -0.2) is 44.2 Å². The van der Waals surface area contributed by atoms with Crippen molar-refractivity contribution >= 4 is 12.1 Å². The van der Waals surface area contributed by atoms with Crippen LogP contribution in [0.4, 0.5) is 4.79 Å². The van der Waals surface area contributed by atoms with Crippen molar-refractivity contribution < 1.29 is 28.5 Å². The summed E-state index contributed by atoms with van der Waals surface area (Å²) in [6.45, 7) is 7.44. The molecule has 0 N–H and O–H groups in total. The Labute approximate surface area is 99.5 Å². The zero-order valence-corrected chi connectivity index (χ0v) is 9.93. The lowest BCUT2D eigenvalue weighted by Crippen LogP contribution is -2.22. The maximum Gasteiger partial charge on any atom is 0.508 e. The normalized spacial score (nSPS) is 18.8. The number of rotatable bonds is 6. The molecule has 1 fully saturated rings. The van der Waals surface area contributed by atoms with Gasteiger partial charge in [0.2, 0.25) is 0 Å². The Morgan fingerprint density at radius 2 is 2.29 bits per heavy atom. The molecule has 6 nitrogen and oxygen atoms in total. The van der Waals surface area contributed by atoms with Crippen molar-refractivity contribution in [3.63, 3.8) is 0 Å². The third-order valence-electron chi connectivity index (χ3n) is 1.93. The minimum atomic E-state index is -0.743. The first-order valence-electron chi connectivity index (χ1n) is 5.29. The van der Waals surface area contributed by atoms with Crippen molar-refractivity contribution in [1.29, 1.82) is 0 Å². The molecule has 0 saturated carbocycles. The van der Waals surface area contributed by atoms with Gasteiger partial charge in [0.1, 0.15) is 13.2 Å². The molecule has 1 rings (SSSR count). The van der Waals surface area contributed by atoms with E-state index in [0.717, 1.165) is 0 Å². The van der Waals surface area contributed by atoms with Crippen LogP contribution in [0.25, 0.3) is 0 Å². The van der Waals surface area contributed by atoms with Gasteiger partial charge in [-0.1, -0.05) is 6.58 Å². The summed E-state index contributed by atoms with van der Waals surface area (Å²) >= 11 is 0. The number of ether oxygens (including phenoxy) is 4. The summed E-state index contributed by atoms with van der Waals surface area (Å²) in [7, 11) is 0. The Morgan fingerprint density at radius 3 is 2.82 bits per heavy atom. The highest BCUT2D eigenvalue weighted by atomic mass is 16.8. The minimum Gasteiger partial charge on any atom is -0.458 e. The second-order valence-electron chi connectivity index (χ2n) is 3.86. The van der Waals surface area contributed by atoms with Crippen molar-refractivity contribution in [2.24, 2.45) is 0 Å². The fourth-order valence-electron chi connectivity index (χ4n) is 1.04. The highest BCUT2D eigenvalue weighted by Gasteiger charge is 2.26. The second-order valence-corrected chi connectivity index (χ2v) is 3.86.